The molecule has 1 atom stereocenters. The van der Waals surface area contributed by atoms with Gasteiger partial charge in [-0.05, 0) is 38.0 Å². The Morgan fingerprint density at radius 2 is 2.20 bits per heavy atom. The molecular formula is C14H19NO4S. The van der Waals surface area contributed by atoms with E-state index in [2.05, 4.69) is 5.32 Å². The predicted octanol–water partition coefficient (Wildman–Crippen LogP) is 1.07. The zero-order valence-electron chi connectivity index (χ0n) is 11.7. The highest BCUT2D eigenvalue weighted by molar-refractivity contribution is 7.91. The van der Waals surface area contributed by atoms with Gasteiger partial charge in [0.05, 0.1) is 17.0 Å². The summed E-state index contributed by atoms with van der Waals surface area (Å²) >= 11 is 0. The van der Waals surface area contributed by atoms with Crippen LogP contribution in [-0.4, -0.2) is 38.0 Å². The SMILES string of the molecule is Cc1cccc(OCC(=O)N[C@@]2(C)CCS(=O)(=O)C2)c1. The molecule has 1 N–H and O–H groups in total. The summed E-state index contributed by atoms with van der Waals surface area (Å²) in [5.41, 5.74) is 0.378. The third kappa shape index (κ3) is 3.96. The van der Waals surface area contributed by atoms with Crippen molar-refractivity contribution in [2.24, 2.45) is 0 Å². The molecule has 1 fully saturated rings. The number of carbonyl (C=O) groups is 1. The number of rotatable bonds is 4. The van der Waals surface area contributed by atoms with Crippen LogP contribution in [0.2, 0.25) is 0 Å². The molecular weight excluding hydrogens is 278 g/mol. The molecule has 2 rings (SSSR count). The molecule has 1 aromatic carbocycles. The zero-order chi connectivity index (χ0) is 14.8. The molecule has 110 valence electrons. The second-order valence-electron chi connectivity index (χ2n) is 5.56. The van der Waals surface area contributed by atoms with Crippen LogP contribution < -0.4 is 10.1 Å². The molecule has 1 aliphatic rings. The molecule has 20 heavy (non-hydrogen) atoms. The van der Waals surface area contributed by atoms with E-state index in [0.717, 1.165) is 5.56 Å². The Morgan fingerprint density at radius 3 is 2.80 bits per heavy atom. The van der Waals surface area contributed by atoms with Crippen molar-refractivity contribution < 1.29 is 17.9 Å². The third-order valence-electron chi connectivity index (χ3n) is 3.30. The highest BCUT2D eigenvalue weighted by Crippen LogP contribution is 2.22. The van der Waals surface area contributed by atoms with Gasteiger partial charge in [0.25, 0.3) is 5.91 Å². The molecule has 0 radical (unpaired) electrons. The lowest BCUT2D eigenvalue weighted by Crippen LogP contribution is -2.48. The van der Waals surface area contributed by atoms with Gasteiger partial charge in [0, 0.05) is 0 Å². The standard InChI is InChI=1S/C14H19NO4S/c1-11-4-3-5-12(8-11)19-9-13(16)15-14(2)6-7-20(17,18)10-14/h3-5,8H,6-7,9-10H2,1-2H3,(H,15,16)/t14-/m0/s1. The van der Waals surface area contributed by atoms with Gasteiger partial charge in [0.2, 0.25) is 0 Å². The van der Waals surface area contributed by atoms with Crippen molar-refractivity contribution in [2.75, 3.05) is 18.1 Å². The van der Waals surface area contributed by atoms with Gasteiger partial charge in [-0.15, -0.1) is 0 Å². The summed E-state index contributed by atoms with van der Waals surface area (Å²) < 4.78 is 28.3. The van der Waals surface area contributed by atoms with E-state index in [4.69, 9.17) is 4.74 Å². The van der Waals surface area contributed by atoms with Gasteiger partial charge in [-0.25, -0.2) is 8.42 Å². The molecule has 1 amide bonds. The first-order chi connectivity index (χ1) is 9.28. The van der Waals surface area contributed by atoms with E-state index in [9.17, 15) is 13.2 Å². The van der Waals surface area contributed by atoms with Crippen molar-refractivity contribution in [3.8, 4) is 5.75 Å². The Balaban J connectivity index is 1.87. The van der Waals surface area contributed by atoms with E-state index in [0.29, 0.717) is 12.2 Å². The second-order valence-corrected chi connectivity index (χ2v) is 7.74. The van der Waals surface area contributed by atoms with Gasteiger partial charge in [-0.3, -0.25) is 4.79 Å². The smallest absolute Gasteiger partial charge is 0.258 e. The number of carbonyl (C=O) groups excluding carboxylic acids is 1. The fraction of sp³-hybridized carbons (Fsp3) is 0.500. The molecule has 1 aromatic rings. The number of benzene rings is 1. The molecule has 1 heterocycles. The van der Waals surface area contributed by atoms with Crippen LogP contribution in [0.4, 0.5) is 0 Å². The van der Waals surface area contributed by atoms with Crippen LogP contribution >= 0.6 is 0 Å². The van der Waals surface area contributed by atoms with E-state index in [1.165, 1.54) is 0 Å². The van der Waals surface area contributed by atoms with Crippen molar-refractivity contribution in [1.82, 2.24) is 5.32 Å². The molecule has 1 aliphatic heterocycles. The van der Waals surface area contributed by atoms with Crippen molar-refractivity contribution in [2.45, 2.75) is 25.8 Å². The number of nitrogens with one attached hydrogen (secondary N) is 1. The van der Waals surface area contributed by atoms with Crippen LogP contribution in [0.25, 0.3) is 0 Å². The van der Waals surface area contributed by atoms with Gasteiger partial charge < -0.3 is 10.1 Å². The molecule has 0 aliphatic carbocycles. The van der Waals surface area contributed by atoms with E-state index in [-0.39, 0.29) is 24.0 Å². The molecule has 1 saturated heterocycles. The van der Waals surface area contributed by atoms with E-state index < -0.39 is 15.4 Å². The Labute approximate surface area is 119 Å². The summed E-state index contributed by atoms with van der Waals surface area (Å²) in [5, 5.41) is 2.75. The van der Waals surface area contributed by atoms with Crippen molar-refractivity contribution in [3.05, 3.63) is 29.8 Å². The first-order valence-corrected chi connectivity index (χ1v) is 8.31. The predicted molar refractivity (Wildman–Crippen MR) is 76.5 cm³/mol. The van der Waals surface area contributed by atoms with Gasteiger partial charge in [0.1, 0.15) is 5.75 Å². The Hall–Kier alpha value is -1.56. The van der Waals surface area contributed by atoms with Crippen LogP contribution in [0.1, 0.15) is 18.9 Å². The molecule has 0 saturated carbocycles. The lowest BCUT2D eigenvalue weighted by Gasteiger charge is -2.23. The molecule has 6 heteroatoms. The normalized spacial score (nSPS) is 24.3. The zero-order valence-corrected chi connectivity index (χ0v) is 12.5. The number of amides is 1. The lowest BCUT2D eigenvalue weighted by molar-refractivity contribution is -0.124. The van der Waals surface area contributed by atoms with Crippen molar-refractivity contribution >= 4 is 15.7 Å². The fourth-order valence-corrected chi connectivity index (χ4v) is 4.43. The summed E-state index contributed by atoms with van der Waals surface area (Å²) in [4.78, 5) is 11.8. The number of hydrogen-bond donors (Lipinski definition) is 1. The summed E-state index contributed by atoms with van der Waals surface area (Å²) in [6, 6.07) is 7.42. The summed E-state index contributed by atoms with van der Waals surface area (Å²) in [6.07, 6.45) is 0.450. The lowest BCUT2D eigenvalue weighted by atomic mass is 10.0. The molecule has 0 unspecified atom stereocenters. The number of aryl methyl sites for hydroxylation is 1. The van der Waals surface area contributed by atoms with E-state index >= 15 is 0 Å². The first-order valence-electron chi connectivity index (χ1n) is 6.49. The van der Waals surface area contributed by atoms with Crippen LogP contribution in [-0.2, 0) is 14.6 Å². The van der Waals surface area contributed by atoms with Gasteiger partial charge in [-0.1, -0.05) is 12.1 Å². The minimum absolute atomic E-state index is 0.00378. The van der Waals surface area contributed by atoms with Gasteiger partial charge in [-0.2, -0.15) is 0 Å². The monoisotopic (exact) mass is 297 g/mol. The van der Waals surface area contributed by atoms with E-state index in [1.807, 2.05) is 25.1 Å². The number of ether oxygens (including phenoxy) is 1. The Bertz CT molecular complexity index is 611. The molecule has 0 bridgehead atoms. The quantitative estimate of drug-likeness (QED) is 0.902. The van der Waals surface area contributed by atoms with Gasteiger partial charge in [0.15, 0.2) is 16.4 Å². The summed E-state index contributed by atoms with van der Waals surface area (Å²) in [6.45, 7) is 3.58. The highest BCUT2D eigenvalue weighted by atomic mass is 32.2. The molecule has 0 spiro atoms. The fourth-order valence-electron chi connectivity index (χ4n) is 2.34. The average Bonchev–Trinajstić information content (AvgIpc) is 2.61. The maximum atomic E-state index is 11.8. The van der Waals surface area contributed by atoms with Crippen LogP contribution in [0.5, 0.6) is 5.75 Å². The number of hydrogen-bond acceptors (Lipinski definition) is 4. The minimum atomic E-state index is -3.03. The first kappa shape index (κ1) is 14.8. The summed E-state index contributed by atoms with van der Waals surface area (Å²) in [5.74, 6) is 0.453. The largest absolute Gasteiger partial charge is 0.484 e. The Morgan fingerprint density at radius 1 is 1.45 bits per heavy atom. The topological polar surface area (TPSA) is 72.5 Å². The average molecular weight is 297 g/mol. The maximum absolute atomic E-state index is 11.8. The molecule has 5 nitrogen and oxygen atoms in total. The van der Waals surface area contributed by atoms with Crippen LogP contribution in [0.3, 0.4) is 0 Å². The number of sulfone groups is 1. The Kier molecular flexibility index (Phi) is 4.04. The van der Waals surface area contributed by atoms with Crippen LogP contribution in [0.15, 0.2) is 24.3 Å². The summed E-state index contributed by atoms with van der Waals surface area (Å²) in [7, 11) is -3.03. The third-order valence-corrected chi connectivity index (χ3v) is 5.21. The van der Waals surface area contributed by atoms with Crippen LogP contribution in [0, 0.1) is 6.92 Å². The minimum Gasteiger partial charge on any atom is -0.484 e. The van der Waals surface area contributed by atoms with E-state index in [1.54, 1.807) is 13.0 Å². The van der Waals surface area contributed by atoms with Crippen molar-refractivity contribution in [3.63, 3.8) is 0 Å². The highest BCUT2D eigenvalue weighted by Gasteiger charge is 2.39. The maximum Gasteiger partial charge on any atom is 0.258 e. The van der Waals surface area contributed by atoms with Gasteiger partial charge >= 0.3 is 0 Å². The second kappa shape index (κ2) is 5.44. The molecule has 0 aromatic heterocycles. The van der Waals surface area contributed by atoms with Crippen molar-refractivity contribution in [1.29, 1.82) is 0 Å².